The zero-order chi connectivity index (χ0) is 13.8. The highest BCUT2D eigenvalue weighted by Crippen LogP contribution is 2.34. The number of fused-ring (bicyclic) bond motifs is 1. The van der Waals surface area contributed by atoms with Crippen molar-refractivity contribution in [1.82, 2.24) is 4.90 Å². The van der Waals surface area contributed by atoms with Crippen LogP contribution in [0.25, 0.3) is 0 Å². The van der Waals surface area contributed by atoms with E-state index in [1.165, 1.54) is 12.0 Å². The van der Waals surface area contributed by atoms with Crippen LogP contribution in [0.4, 0.5) is 0 Å². The predicted octanol–water partition coefficient (Wildman–Crippen LogP) is 2.31. The maximum absolute atomic E-state index is 12.2. The molecule has 19 heavy (non-hydrogen) atoms. The van der Waals surface area contributed by atoms with Crippen molar-refractivity contribution in [3.63, 3.8) is 0 Å². The van der Waals surface area contributed by atoms with Gasteiger partial charge >= 0.3 is 5.97 Å². The number of methoxy groups -OCH3 is 1. The fourth-order valence-corrected chi connectivity index (χ4v) is 3.22. The van der Waals surface area contributed by atoms with E-state index < -0.39 is 6.04 Å². The van der Waals surface area contributed by atoms with Crippen molar-refractivity contribution in [2.45, 2.75) is 25.3 Å². The summed E-state index contributed by atoms with van der Waals surface area (Å²) in [4.78, 5) is 27.0. The van der Waals surface area contributed by atoms with Crippen LogP contribution in [0.15, 0.2) is 24.1 Å². The van der Waals surface area contributed by atoms with Gasteiger partial charge in [-0.15, -0.1) is 17.9 Å². The Balaban J connectivity index is 2.26. The quantitative estimate of drug-likeness (QED) is 0.627. The molecule has 0 aromatic carbocycles. The molecule has 1 aromatic rings. The molecular formula is C14H17NO3S. The highest BCUT2D eigenvalue weighted by Gasteiger charge is 2.36. The van der Waals surface area contributed by atoms with Gasteiger partial charge in [-0.05, 0) is 29.9 Å². The van der Waals surface area contributed by atoms with E-state index in [-0.39, 0.29) is 11.9 Å². The number of carbonyl (C=O) groups is 2. The van der Waals surface area contributed by atoms with E-state index in [4.69, 9.17) is 4.74 Å². The van der Waals surface area contributed by atoms with Crippen LogP contribution in [0, 0.1) is 0 Å². The molecule has 1 aromatic heterocycles. The van der Waals surface area contributed by atoms with Crippen molar-refractivity contribution in [3.8, 4) is 0 Å². The van der Waals surface area contributed by atoms with E-state index in [1.54, 1.807) is 22.3 Å². The molecule has 1 aliphatic heterocycles. The maximum Gasteiger partial charge on any atom is 0.333 e. The summed E-state index contributed by atoms with van der Waals surface area (Å²) in [5, 5.41) is 1.96. The van der Waals surface area contributed by atoms with E-state index in [2.05, 4.69) is 6.58 Å². The van der Waals surface area contributed by atoms with Gasteiger partial charge in [-0.25, -0.2) is 4.79 Å². The molecule has 0 spiro atoms. The summed E-state index contributed by atoms with van der Waals surface area (Å²) < 4.78 is 4.85. The zero-order valence-corrected chi connectivity index (χ0v) is 11.7. The molecule has 2 heterocycles. The van der Waals surface area contributed by atoms with Crippen molar-refractivity contribution in [2.24, 2.45) is 0 Å². The molecule has 0 radical (unpaired) electrons. The average molecular weight is 279 g/mol. The van der Waals surface area contributed by atoms with Gasteiger partial charge in [0, 0.05) is 17.8 Å². The van der Waals surface area contributed by atoms with Gasteiger partial charge < -0.3 is 9.64 Å². The van der Waals surface area contributed by atoms with Gasteiger partial charge in [-0.1, -0.05) is 6.08 Å². The molecule has 0 aliphatic carbocycles. The lowest BCUT2D eigenvalue weighted by molar-refractivity contribution is -0.153. The van der Waals surface area contributed by atoms with E-state index >= 15 is 0 Å². The molecule has 2 rings (SSSR count). The van der Waals surface area contributed by atoms with Crippen LogP contribution in [-0.4, -0.2) is 30.4 Å². The van der Waals surface area contributed by atoms with Gasteiger partial charge in [0.25, 0.3) is 0 Å². The standard InChI is InChI=1S/C14H17NO3S/c1-3-4-5-12(16)15-8-6-11-10(7-9-19-11)13(15)14(17)18-2/h3,7,9,13H,1,4-6,8H2,2H3. The van der Waals surface area contributed by atoms with Crippen molar-refractivity contribution in [1.29, 1.82) is 0 Å². The van der Waals surface area contributed by atoms with Crippen LogP contribution in [-0.2, 0) is 20.7 Å². The Morgan fingerprint density at radius 1 is 1.63 bits per heavy atom. The Kier molecular flexibility index (Phi) is 4.37. The van der Waals surface area contributed by atoms with Crippen LogP contribution in [0.5, 0.6) is 0 Å². The molecule has 0 N–H and O–H groups in total. The molecule has 0 saturated heterocycles. The Morgan fingerprint density at radius 2 is 2.42 bits per heavy atom. The first-order valence-corrected chi connectivity index (χ1v) is 7.11. The first kappa shape index (κ1) is 13.8. The van der Waals surface area contributed by atoms with Crippen LogP contribution in [0.3, 0.4) is 0 Å². The Morgan fingerprint density at radius 3 is 3.11 bits per heavy atom. The number of hydrogen-bond donors (Lipinski definition) is 0. The van der Waals surface area contributed by atoms with Crippen LogP contribution in [0.1, 0.15) is 29.3 Å². The minimum atomic E-state index is -0.586. The third kappa shape index (κ3) is 2.71. The van der Waals surface area contributed by atoms with Gasteiger partial charge in [-0.3, -0.25) is 4.79 Å². The Hall–Kier alpha value is -1.62. The highest BCUT2D eigenvalue weighted by molar-refractivity contribution is 7.10. The predicted molar refractivity (Wildman–Crippen MR) is 73.9 cm³/mol. The van der Waals surface area contributed by atoms with Crippen molar-refractivity contribution < 1.29 is 14.3 Å². The van der Waals surface area contributed by atoms with Crippen LogP contribution >= 0.6 is 11.3 Å². The number of esters is 1. The lowest BCUT2D eigenvalue weighted by atomic mass is 9.99. The molecular weight excluding hydrogens is 262 g/mol. The third-order valence-corrected chi connectivity index (χ3v) is 4.27. The molecule has 4 nitrogen and oxygen atoms in total. The summed E-state index contributed by atoms with van der Waals surface area (Å²) in [5.41, 5.74) is 0.912. The number of nitrogens with zero attached hydrogens (tertiary/aromatic N) is 1. The Bertz CT molecular complexity index is 495. The number of amides is 1. The van der Waals surface area contributed by atoms with Gasteiger partial charge in [0.2, 0.25) is 5.91 Å². The van der Waals surface area contributed by atoms with Crippen molar-refractivity contribution in [3.05, 3.63) is 34.5 Å². The van der Waals surface area contributed by atoms with E-state index in [0.717, 1.165) is 12.0 Å². The lowest BCUT2D eigenvalue weighted by Gasteiger charge is -2.34. The second-order valence-electron chi connectivity index (χ2n) is 4.39. The van der Waals surface area contributed by atoms with Gasteiger partial charge in [-0.2, -0.15) is 0 Å². The SMILES string of the molecule is C=CCCC(=O)N1CCc2sccc2C1C(=O)OC. The topological polar surface area (TPSA) is 46.6 Å². The van der Waals surface area contributed by atoms with Crippen molar-refractivity contribution in [2.75, 3.05) is 13.7 Å². The molecule has 1 unspecified atom stereocenters. The van der Waals surface area contributed by atoms with E-state index in [0.29, 0.717) is 19.4 Å². The largest absolute Gasteiger partial charge is 0.467 e. The number of ether oxygens (including phenoxy) is 1. The number of thiophene rings is 1. The molecule has 1 aliphatic rings. The number of hydrogen-bond acceptors (Lipinski definition) is 4. The van der Waals surface area contributed by atoms with Gasteiger partial charge in [0.15, 0.2) is 6.04 Å². The van der Waals surface area contributed by atoms with E-state index in [9.17, 15) is 9.59 Å². The fraction of sp³-hybridized carbons (Fsp3) is 0.429. The molecule has 1 amide bonds. The number of carbonyl (C=O) groups excluding carboxylic acids is 2. The summed E-state index contributed by atoms with van der Waals surface area (Å²) in [5.74, 6) is -0.390. The first-order valence-electron chi connectivity index (χ1n) is 6.23. The maximum atomic E-state index is 12.2. The number of rotatable bonds is 4. The molecule has 5 heteroatoms. The molecule has 1 atom stereocenters. The van der Waals surface area contributed by atoms with E-state index in [1.807, 2.05) is 11.4 Å². The van der Waals surface area contributed by atoms with Crippen LogP contribution < -0.4 is 0 Å². The molecule has 102 valence electrons. The summed E-state index contributed by atoms with van der Waals surface area (Å²) >= 11 is 1.63. The summed E-state index contributed by atoms with van der Waals surface area (Å²) in [6, 6.07) is 1.33. The fourth-order valence-electron chi connectivity index (χ4n) is 2.32. The normalized spacial score (nSPS) is 17.7. The third-order valence-electron chi connectivity index (χ3n) is 3.27. The zero-order valence-electron chi connectivity index (χ0n) is 10.9. The second kappa shape index (κ2) is 6.02. The monoisotopic (exact) mass is 279 g/mol. The highest BCUT2D eigenvalue weighted by atomic mass is 32.1. The second-order valence-corrected chi connectivity index (χ2v) is 5.39. The lowest BCUT2D eigenvalue weighted by Crippen LogP contribution is -2.43. The molecule has 0 bridgehead atoms. The van der Waals surface area contributed by atoms with Gasteiger partial charge in [0.05, 0.1) is 7.11 Å². The number of allylic oxidation sites excluding steroid dienone is 1. The first-order chi connectivity index (χ1) is 9.19. The van der Waals surface area contributed by atoms with Gasteiger partial charge in [0.1, 0.15) is 0 Å². The molecule has 0 fully saturated rings. The summed E-state index contributed by atoms with van der Waals surface area (Å²) in [7, 11) is 1.36. The van der Waals surface area contributed by atoms with Crippen LogP contribution in [0.2, 0.25) is 0 Å². The smallest absolute Gasteiger partial charge is 0.333 e. The summed E-state index contributed by atoms with van der Waals surface area (Å²) in [6.07, 6.45) is 3.53. The molecule has 0 saturated carbocycles. The minimum absolute atomic E-state index is 0.0212. The summed E-state index contributed by atoms with van der Waals surface area (Å²) in [6.45, 7) is 4.19. The van der Waals surface area contributed by atoms with Crippen molar-refractivity contribution >= 4 is 23.2 Å². The average Bonchev–Trinajstić information content (AvgIpc) is 2.91. The Labute approximate surface area is 116 Å². The minimum Gasteiger partial charge on any atom is -0.467 e.